The highest BCUT2D eigenvalue weighted by molar-refractivity contribution is 5.77. The number of hydrogen-bond donors (Lipinski definition) is 1. The van der Waals surface area contributed by atoms with Gasteiger partial charge in [0.25, 0.3) is 0 Å². The topological polar surface area (TPSA) is 79.4 Å². The minimum atomic E-state index is -0.442. The molecule has 2 aromatic rings. The van der Waals surface area contributed by atoms with Crippen LogP contribution in [0, 0.1) is 6.92 Å². The highest BCUT2D eigenvalue weighted by atomic mass is 16.5. The molecular weight excluding hydrogens is 258 g/mol. The number of hydrogen-bond acceptors (Lipinski definition) is 4. The summed E-state index contributed by atoms with van der Waals surface area (Å²) in [6, 6.07) is 3.84. The average molecular weight is 275 g/mol. The molecule has 2 rings (SSSR count). The summed E-state index contributed by atoms with van der Waals surface area (Å²) in [5, 5.41) is 4.11. The molecule has 0 fully saturated rings. The minimum Gasteiger partial charge on any atom is -0.496 e. The second-order valence-electron chi connectivity index (χ2n) is 4.44. The number of rotatable bonds is 5. The number of benzene rings is 1. The molecule has 2 N–H and O–H groups in total. The Labute approximate surface area is 117 Å². The van der Waals surface area contributed by atoms with Gasteiger partial charge in [0.2, 0.25) is 5.91 Å². The molecule has 106 valence electrons. The van der Waals surface area contributed by atoms with Gasteiger partial charge in [0.15, 0.2) is 0 Å². The molecule has 0 atom stereocenters. The van der Waals surface area contributed by atoms with Crippen molar-refractivity contribution in [2.24, 2.45) is 5.73 Å². The zero-order valence-corrected chi connectivity index (χ0v) is 11.7. The van der Waals surface area contributed by atoms with E-state index in [4.69, 9.17) is 15.2 Å². The highest BCUT2D eigenvalue weighted by Crippen LogP contribution is 2.39. The molecule has 0 radical (unpaired) electrons. The fraction of sp³-hybridized carbons (Fsp3) is 0.286. The van der Waals surface area contributed by atoms with Gasteiger partial charge in [-0.1, -0.05) is 0 Å². The van der Waals surface area contributed by atoms with Gasteiger partial charge in [-0.3, -0.25) is 9.48 Å². The van der Waals surface area contributed by atoms with Gasteiger partial charge in [0.1, 0.15) is 18.0 Å². The van der Waals surface area contributed by atoms with Crippen LogP contribution in [0.4, 0.5) is 0 Å². The molecule has 20 heavy (non-hydrogen) atoms. The van der Waals surface area contributed by atoms with Gasteiger partial charge in [0, 0.05) is 11.8 Å². The number of nitrogens with zero attached hydrogens (tertiary/aromatic N) is 2. The first-order valence-electron chi connectivity index (χ1n) is 6.09. The Morgan fingerprint density at radius 1 is 1.30 bits per heavy atom. The lowest BCUT2D eigenvalue weighted by molar-refractivity contribution is -0.118. The largest absolute Gasteiger partial charge is 0.496 e. The Hall–Kier alpha value is -2.50. The van der Waals surface area contributed by atoms with Gasteiger partial charge in [-0.2, -0.15) is 5.10 Å². The van der Waals surface area contributed by atoms with Gasteiger partial charge in [-0.05, 0) is 24.6 Å². The number of ether oxygens (including phenoxy) is 2. The van der Waals surface area contributed by atoms with Crippen LogP contribution < -0.4 is 15.2 Å². The maximum Gasteiger partial charge on any atom is 0.239 e. The number of nitrogens with two attached hydrogens (primary N) is 1. The zero-order valence-electron chi connectivity index (χ0n) is 11.7. The van der Waals surface area contributed by atoms with Crippen molar-refractivity contribution in [3.63, 3.8) is 0 Å². The second-order valence-corrected chi connectivity index (χ2v) is 4.44. The van der Waals surface area contributed by atoms with E-state index in [0.29, 0.717) is 11.5 Å². The van der Waals surface area contributed by atoms with E-state index < -0.39 is 5.91 Å². The van der Waals surface area contributed by atoms with Gasteiger partial charge in [-0.15, -0.1) is 0 Å². The molecule has 1 aromatic carbocycles. The summed E-state index contributed by atoms with van der Waals surface area (Å²) in [6.45, 7) is 2.00. The molecule has 0 aliphatic rings. The molecule has 6 heteroatoms. The van der Waals surface area contributed by atoms with E-state index in [2.05, 4.69) is 5.10 Å². The van der Waals surface area contributed by atoms with Crippen molar-refractivity contribution in [3.8, 4) is 22.6 Å². The van der Waals surface area contributed by atoms with Crippen molar-refractivity contribution in [2.45, 2.75) is 13.5 Å². The van der Waals surface area contributed by atoms with Crippen LogP contribution in [-0.4, -0.2) is 29.9 Å². The van der Waals surface area contributed by atoms with Crippen molar-refractivity contribution in [2.75, 3.05) is 14.2 Å². The Kier molecular flexibility index (Phi) is 3.93. The smallest absolute Gasteiger partial charge is 0.239 e. The lowest BCUT2D eigenvalue weighted by Crippen LogP contribution is -2.18. The molecule has 0 bridgehead atoms. The van der Waals surface area contributed by atoms with Crippen molar-refractivity contribution in [3.05, 3.63) is 30.1 Å². The fourth-order valence-corrected chi connectivity index (χ4v) is 2.07. The van der Waals surface area contributed by atoms with E-state index in [-0.39, 0.29) is 6.54 Å². The predicted molar refractivity (Wildman–Crippen MR) is 74.7 cm³/mol. The summed E-state index contributed by atoms with van der Waals surface area (Å²) >= 11 is 0. The number of carbonyl (C=O) groups is 1. The van der Waals surface area contributed by atoms with Crippen molar-refractivity contribution in [1.29, 1.82) is 0 Å². The number of methoxy groups -OCH3 is 2. The number of aryl methyl sites for hydroxylation is 1. The zero-order chi connectivity index (χ0) is 14.7. The lowest BCUT2D eigenvalue weighted by Gasteiger charge is -2.13. The molecule has 0 aliphatic heterocycles. The third kappa shape index (κ3) is 2.74. The van der Waals surface area contributed by atoms with E-state index >= 15 is 0 Å². The van der Waals surface area contributed by atoms with Crippen LogP contribution in [0.3, 0.4) is 0 Å². The SMILES string of the molecule is COc1cc(C)cc(OC)c1-c1cnn(CC(N)=O)c1. The molecule has 0 unspecified atom stereocenters. The molecule has 0 spiro atoms. The Bertz CT molecular complexity index is 609. The first-order chi connectivity index (χ1) is 9.55. The standard InChI is InChI=1S/C14H17N3O3/c1-9-4-11(19-2)14(12(5-9)20-3)10-6-16-17(7-10)8-13(15)18/h4-7H,8H2,1-3H3,(H2,15,18). The summed E-state index contributed by atoms with van der Waals surface area (Å²) in [5.74, 6) is 0.948. The monoisotopic (exact) mass is 275 g/mol. The lowest BCUT2D eigenvalue weighted by atomic mass is 10.0. The Morgan fingerprint density at radius 2 is 1.90 bits per heavy atom. The maximum absolute atomic E-state index is 10.9. The summed E-state index contributed by atoms with van der Waals surface area (Å²) in [6.07, 6.45) is 3.39. The number of carbonyl (C=O) groups excluding carboxylic acids is 1. The van der Waals surface area contributed by atoms with Crippen LogP contribution >= 0.6 is 0 Å². The van der Waals surface area contributed by atoms with Crippen LogP contribution in [0.2, 0.25) is 0 Å². The Balaban J connectivity index is 2.50. The third-order valence-corrected chi connectivity index (χ3v) is 2.89. The van der Waals surface area contributed by atoms with Crippen LogP contribution in [-0.2, 0) is 11.3 Å². The normalized spacial score (nSPS) is 10.3. The molecule has 0 saturated heterocycles. The van der Waals surface area contributed by atoms with Crippen molar-refractivity contribution in [1.82, 2.24) is 9.78 Å². The maximum atomic E-state index is 10.9. The number of primary amides is 1. The molecular formula is C14H17N3O3. The Morgan fingerprint density at radius 3 is 2.40 bits per heavy atom. The van der Waals surface area contributed by atoms with Gasteiger partial charge >= 0.3 is 0 Å². The fourth-order valence-electron chi connectivity index (χ4n) is 2.07. The highest BCUT2D eigenvalue weighted by Gasteiger charge is 2.15. The molecule has 1 amide bonds. The van der Waals surface area contributed by atoms with Crippen LogP contribution in [0.5, 0.6) is 11.5 Å². The summed E-state index contributed by atoms with van der Waals surface area (Å²) in [7, 11) is 3.21. The molecule has 1 heterocycles. The van der Waals surface area contributed by atoms with E-state index in [0.717, 1.165) is 16.7 Å². The molecule has 0 saturated carbocycles. The summed E-state index contributed by atoms with van der Waals surface area (Å²) in [4.78, 5) is 10.9. The van der Waals surface area contributed by atoms with Crippen LogP contribution in [0.15, 0.2) is 24.5 Å². The van der Waals surface area contributed by atoms with Gasteiger partial charge in [0.05, 0.1) is 26.0 Å². The quantitative estimate of drug-likeness (QED) is 0.893. The first kappa shape index (κ1) is 13.9. The van der Waals surface area contributed by atoms with Crippen molar-refractivity contribution >= 4 is 5.91 Å². The molecule has 0 aliphatic carbocycles. The molecule has 1 aromatic heterocycles. The van der Waals surface area contributed by atoms with E-state index in [9.17, 15) is 4.79 Å². The summed E-state index contributed by atoms with van der Waals surface area (Å²) in [5.41, 5.74) is 7.80. The van der Waals surface area contributed by atoms with Gasteiger partial charge in [-0.25, -0.2) is 0 Å². The predicted octanol–water partition coefficient (Wildman–Crippen LogP) is 1.36. The van der Waals surface area contributed by atoms with E-state index in [1.54, 1.807) is 26.6 Å². The first-order valence-corrected chi connectivity index (χ1v) is 6.09. The minimum absolute atomic E-state index is 0.0382. The second kappa shape index (κ2) is 5.64. The van der Waals surface area contributed by atoms with E-state index in [1.165, 1.54) is 4.68 Å². The van der Waals surface area contributed by atoms with Gasteiger partial charge < -0.3 is 15.2 Å². The number of amides is 1. The van der Waals surface area contributed by atoms with E-state index in [1.807, 2.05) is 19.1 Å². The number of aromatic nitrogens is 2. The van der Waals surface area contributed by atoms with Crippen LogP contribution in [0.25, 0.3) is 11.1 Å². The van der Waals surface area contributed by atoms with Crippen LogP contribution in [0.1, 0.15) is 5.56 Å². The summed E-state index contributed by atoms with van der Waals surface area (Å²) < 4.78 is 12.3. The average Bonchev–Trinajstić information content (AvgIpc) is 2.84. The molecule has 6 nitrogen and oxygen atoms in total. The third-order valence-electron chi connectivity index (χ3n) is 2.89. The van der Waals surface area contributed by atoms with Crippen molar-refractivity contribution < 1.29 is 14.3 Å².